The minimum absolute atomic E-state index is 0.0358. The van der Waals surface area contributed by atoms with Crippen LogP contribution in [0.25, 0.3) is 0 Å². The van der Waals surface area contributed by atoms with Gasteiger partial charge in [0.1, 0.15) is 11.9 Å². The molecule has 0 amide bonds. The van der Waals surface area contributed by atoms with Crippen LogP contribution < -0.4 is 0 Å². The topological polar surface area (TPSA) is 43.4 Å². The zero-order valence-corrected chi connectivity index (χ0v) is 14.3. The van der Waals surface area contributed by atoms with Crippen LogP contribution in [0, 0.1) is 34.5 Å². The normalized spacial score (nSPS) is 51.6. The third-order valence-electron chi connectivity index (χ3n) is 8.09. The molecule has 3 heteroatoms. The van der Waals surface area contributed by atoms with Crippen molar-refractivity contribution >= 4 is 12.3 Å². The molecule has 1 unspecified atom stereocenters. The predicted molar refractivity (Wildman–Crippen MR) is 87.6 cm³/mol. The summed E-state index contributed by atoms with van der Waals surface area (Å²) in [5, 5.41) is 0. The second-order valence-electron chi connectivity index (χ2n) is 8.80. The van der Waals surface area contributed by atoms with E-state index < -0.39 is 0 Å². The average molecular weight is 316 g/mol. The first-order valence-electron chi connectivity index (χ1n) is 9.31. The molecular weight excluding hydrogens is 288 g/mol. The van der Waals surface area contributed by atoms with Gasteiger partial charge in [-0.05, 0) is 73.7 Å². The van der Waals surface area contributed by atoms with Crippen LogP contribution >= 0.6 is 0 Å². The van der Waals surface area contributed by atoms with Crippen molar-refractivity contribution in [2.24, 2.45) is 34.5 Å². The molecular formula is C20H28O3. The Balaban J connectivity index is 1.62. The van der Waals surface area contributed by atoms with Crippen LogP contribution in [0.3, 0.4) is 0 Å². The number of carbonyl (C=O) groups excluding carboxylic acids is 2. The maximum Gasteiger partial charge on any atom is 0.293 e. The Morgan fingerprint density at radius 1 is 1.17 bits per heavy atom. The van der Waals surface area contributed by atoms with Crippen LogP contribution in [0.1, 0.15) is 58.8 Å². The number of Topliss-reactive ketones (excluding diaryl/α,β-unsaturated/α-hetero) is 1. The molecule has 126 valence electrons. The molecule has 3 nitrogen and oxygen atoms in total. The fourth-order valence-electron chi connectivity index (χ4n) is 6.72. The van der Waals surface area contributed by atoms with Crippen LogP contribution in [0.5, 0.6) is 0 Å². The number of hydrogen-bond acceptors (Lipinski definition) is 3. The Bertz CT molecular complexity index is 553. The van der Waals surface area contributed by atoms with Crippen LogP contribution in [0.4, 0.5) is 0 Å². The molecule has 0 saturated heterocycles. The van der Waals surface area contributed by atoms with Crippen molar-refractivity contribution in [1.82, 2.24) is 0 Å². The summed E-state index contributed by atoms with van der Waals surface area (Å²) in [6.45, 7) is 5.24. The van der Waals surface area contributed by atoms with E-state index >= 15 is 0 Å². The van der Waals surface area contributed by atoms with E-state index in [2.05, 4.69) is 26.0 Å². The number of hydrogen-bond donors (Lipinski definition) is 0. The predicted octanol–water partition coefficient (Wildman–Crippen LogP) is 3.92. The molecule has 4 rings (SSSR count). The molecule has 0 aliphatic heterocycles. The van der Waals surface area contributed by atoms with Gasteiger partial charge in [0.25, 0.3) is 6.47 Å². The van der Waals surface area contributed by atoms with E-state index in [-0.39, 0.29) is 16.9 Å². The first-order chi connectivity index (χ1) is 11.0. The van der Waals surface area contributed by atoms with Crippen molar-refractivity contribution in [2.45, 2.75) is 64.9 Å². The van der Waals surface area contributed by atoms with Crippen molar-refractivity contribution < 1.29 is 14.3 Å². The number of carbonyl (C=O) groups is 2. The SMILES string of the molecule is C[C@]12C=C[C@H](OC=O)CC1CC[C@@H]1[C@@H]2CC[C@]2(C)C(=O)CC[C@@H]12. The highest BCUT2D eigenvalue weighted by Crippen LogP contribution is 2.64. The lowest BCUT2D eigenvalue weighted by Gasteiger charge is -2.58. The Kier molecular flexibility index (Phi) is 3.48. The Morgan fingerprint density at radius 3 is 2.78 bits per heavy atom. The van der Waals surface area contributed by atoms with Gasteiger partial charge in [-0.25, -0.2) is 0 Å². The summed E-state index contributed by atoms with van der Waals surface area (Å²) in [7, 11) is 0. The molecule has 0 aromatic heterocycles. The van der Waals surface area contributed by atoms with E-state index in [1.165, 1.54) is 19.3 Å². The fraction of sp³-hybridized carbons (Fsp3) is 0.800. The minimum Gasteiger partial charge on any atom is -0.460 e. The number of fused-ring (bicyclic) bond motifs is 5. The molecule has 0 bridgehead atoms. The van der Waals surface area contributed by atoms with Crippen molar-refractivity contribution in [3.8, 4) is 0 Å². The third-order valence-corrected chi connectivity index (χ3v) is 8.09. The molecule has 4 aliphatic rings. The second kappa shape index (κ2) is 5.19. The minimum atomic E-state index is -0.0379. The molecule has 0 aromatic rings. The number of ether oxygens (including phenoxy) is 1. The van der Waals surface area contributed by atoms with E-state index in [0.29, 0.717) is 35.9 Å². The molecule has 0 spiro atoms. The average Bonchev–Trinajstić information content (AvgIpc) is 2.84. The van der Waals surface area contributed by atoms with E-state index in [1.807, 2.05) is 0 Å². The van der Waals surface area contributed by atoms with Gasteiger partial charge in [0.05, 0.1) is 0 Å². The van der Waals surface area contributed by atoms with Crippen molar-refractivity contribution in [1.29, 1.82) is 0 Å². The largest absolute Gasteiger partial charge is 0.460 e. The van der Waals surface area contributed by atoms with E-state index in [9.17, 15) is 9.59 Å². The summed E-state index contributed by atoms with van der Waals surface area (Å²) in [5.41, 5.74) is 0.185. The highest BCUT2D eigenvalue weighted by molar-refractivity contribution is 5.87. The molecule has 0 aromatic carbocycles. The first kappa shape index (κ1) is 15.4. The van der Waals surface area contributed by atoms with Gasteiger partial charge >= 0.3 is 0 Å². The lowest BCUT2D eigenvalue weighted by atomic mass is 9.46. The van der Waals surface area contributed by atoms with Gasteiger partial charge in [-0.1, -0.05) is 19.9 Å². The molecule has 23 heavy (non-hydrogen) atoms. The number of ketones is 1. The quantitative estimate of drug-likeness (QED) is 0.573. The molecule has 3 saturated carbocycles. The standard InChI is InChI=1S/C20H28O3/c1-19-9-7-14(23-12-21)11-13(19)3-4-15-16-5-6-18(22)20(16,2)10-8-17(15)19/h7,9,12-17H,3-6,8,10-11H2,1-2H3/t13?,14-,15-,16-,17-,19-,20-/m0/s1. The van der Waals surface area contributed by atoms with Crippen LogP contribution in [-0.4, -0.2) is 18.4 Å². The lowest BCUT2D eigenvalue weighted by molar-refractivity contribution is -0.137. The van der Waals surface area contributed by atoms with Gasteiger partial charge in [0.15, 0.2) is 0 Å². The van der Waals surface area contributed by atoms with E-state index in [4.69, 9.17) is 4.74 Å². The monoisotopic (exact) mass is 316 g/mol. The van der Waals surface area contributed by atoms with Crippen LogP contribution in [0.2, 0.25) is 0 Å². The van der Waals surface area contributed by atoms with Gasteiger partial charge in [-0.2, -0.15) is 0 Å². The Morgan fingerprint density at radius 2 is 2.00 bits per heavy atom. The van der Waals surface area contributed by atoms with Gasteiger partial charge in [0, 0.05) is 11.8 Å². The highest BCUT2D eigenvalue weighted by atomic mass is 16.5. The molecule has 7 atom stereocenters. The maximum atomic E-state index is 12.4. The first-order valence-corrected chi connectivity index (χ1v) is 9.31. The summed E-state index contributed by atoms with van der Waals surface area (Å²) in [4.78, 5) is 23.1. The molecule has 3 fully saturated rings. The maximum absolute atomic E-state index is 12.4. The summed E-state index contributed by atoms with van der Waals surface area (Å²) >= 11 is 0. The summed E-state index contributed by atoms with van der Waals surface area (Å²) in [5.74, 6) is 3.13. The summed E-state index contributed by atoms with van der Waals surface area (Å²) < 4.78 is 5.20. The van der Waals surface area contributed by atoms with Crippen molar-refractivity contribution in [2.75, 3.05) is 0 Å². The van der Waals surface area contributed by atoms with Crippen LogP contribution in [-0.2, 0) is 14.3 Å². The zero-order chi connectivity index (χ0) is 16.2. The molecule has 0 radical (unpaired) electrons. The molecule has 0 N–H and O–H groups in total. The Hall–Kier alpha value is -1.12. The third kappa shape index (κ3) is 2.08. The summed E-state index contributed by atoms with van der Waals surface area (Å²) in [6.07, 6.45) is 12.0. The second-order valence-corrected chi connectivity index (χ2v) is 8.80. The highest BCUT2D eigenvalue weighted by Gasteiger charge is 2.59. The van der Waals surface area contributed by atoms with Crippen molar-refractivity contribution in [3.05, 3.63) is 12.2 Å². The Labute approximate surface area is 138 Å². The van der Waals surface area contributed by atoms with Gasteiger partial charge in [-0.3, -0.25) is 9.59 Å². The van der Waals surface area contributed by atoms with E-state index in [1.54, 1.807) is 0 Å². The van der Waals surface area contributed by atoms with E-state index in [0.717, 1.165) is 25.7 Å². The smallest absolute Gasteiger partial charge is 0.293 e. The fourth-order valence-corrected chi connectivity index (χ4v) is 6.72. The van der Waals surface area contributed by atoms with Gasteiger partial charge < -0.3 is 4.74 Å². The summed E-state index contributed by atoms with van der Waals surface area (Å²) in [6, 6.07) is 0. The number of rotatable bonds is 2. The van der Waals surface area contributed by atoms with Gasteiger partial charge in [-0.15, -0.1) is 0 Å². The molecule has 0 heterocycles. The van der Waals surface area contributed by atoms with Crippen molar-refractivity contribution in [3.63, 3.8) is 0 Å². The molecule has 4 aliphatic carbocycles. The number of allylic oxidation sites excluding steroid dienone is 1. The zero-order valence-electron chi connectivity index (χ0n) is 14.3. The van der Waals surface area contributed by atoms with Crippen LogP contribution in [0.15, 0.2) is 12.2 Å². The van der Waals surface area contributed by atoms with Gasteiger partial charge in [0.2, 0.25) is 0 Å². The lowest BCUT2D eigenvalue weighted by Crippen LogP contribution is -2.52.